The summed E-state index contributed by atoms with van der Waals surface area (Å²) in [6.45, 7) is 0.992. The lowest BCUT2D eigenvalue weighted by Crippen LogP contribution is -2.32. The maximum Gasteiger partial charge on any atom is 0.319 e. The van der Waals surface area contributed by atoms with Crippen LogP contribution in [0.1, 0.15) is 5.69 Å². The first kappa shape index (κ1) is 21.4. The summed E-state index contributed by atoms with van der Waals surface area (Å²) in [4.78, 5) is 24.2. The minimum atomic E-state index is -0.381. The molecular formula is C19H19Cl2N7O2. The van der Waals surface area contributed by atoms with Crippen molar-refractivity contribution in [1.29, 1.82) is 0 Å². The molecular weight excluding hydrogens is 429 g/mol. The minimum Gasteiger partial charge on any atom is -0.483 e. The van der Waals surface area contributed by atoms with E-state index in [-0.39, 0.29) is 18.6 Å². The average molecular weight is 448 g/mol. The molecule has 156 valence electrons. The van der Waals surface area contributed by atoms with Crippen molar-refractivity contribution in [2.45, 2.75) is 6.61 Å². The number of carbonyl (C=O) groups excluding carboxylic acids is 1. The van der Waals surface area contributed by atoms with Crippen molar-refractivity contribution in [2.24, 2.45) is 0 Å². The van der Waals surface area contributed by atoms with Gasteiger partial charge in [-0.15, -0.1) is 0 Å². The van der Waals surface area contributed by atoms with E-state index in [9.17, 15) is 4.79 Å². The molecule has 0 bridgehead atoms. The van der Waals surface area contributed by atoms with E-state index in [0.29, 0.717) is 46.1 Å². The molecule has 2 aromatic heterocycles. The molecule has 3 rings (SSSR count). The van der Waals surface area contributed by atoms with Gasteiger partial charge in [-0.3, -0.25) is 0 Å². The molecule has 0 aliphatic heterocycles. The Morgan fingerprint density at radius 1 is 1.07 bits per heavy atom. The molecule has 30 heavy (non-hydrogen) atoms. The summed E-state index contributed by atoms with van der Waals surface area (Å²) in [5, 5.41) is 9.39. The Morgan fingerprint density at radius 2 is 1.87 bits per heavy atom. The van der Waals surface area contributed by atoms with E-state index in [4.69, 9.17) is 33.7 Å². The van der Waals surface area contributed by atoms with Gasteiger partial charge in [0.05, 0.1) is 5.69 Å². The van der Waals surface area contributed by atoms with Gasteiger partial charge in [-0.2, -0.15) is 0 Å². The monoisotopic (exact) mass is 447 g/mol. The third-order valence-electron chi connectivity index (χ3n) is 3.70. The number of hydrogen-bond donors (Lipinski definition) is 4. The third kappa shape index (κ3) is 6.64. The van der Waals surface area contributed by atoms with Gasteiger partial charge >= 0.3 is 6.03 Å². The number of nitrogens with one attached hydrogen (secondary N) is 3. The molecule has 0 fully saturated rings. The molecule has 2 amide bonds. The Kier molecular flexibility index (Phi) is 7.47. The highest BCUT2D eigenvalue weighted by Gasteiger charge is 2.07. The number of benzene rings is 1. The lowest BCUT2D eigenvalue weighted by atomic mass is 10.3. The van der Waals surface area contributed by atoms with Crippen LogP contribution in [-0.4, -0.2) is 34.1 Å². The number of ether oxygens (including phenoxy) is 1. The second kappa shape index (κ2) is 10.5. The number of nitrogens with two attached hydrogens (primary N) is 1. The maximum absolute atomic E-state index is 12.0. The van der Waals surface area contributed by atoms with Crippen LogP contribution >= 0.6 is 23.2 Å². The Morgan fingerprint density at radius 3 is 2.63 bits per heavy atom. The fourth-order valence-electron chi connectivity index (χ4n) is 2.44. The quantitative estimate of drug-likeness (QED) is 0.388. The topological polar surface area (TPSA) is 127 Å². The zero-order valence-corrected chi connectivity index (χ0v) is 17.2. The largest absolute Gasteiger partial charge is 0.483 e. The molecule has 0 spiro atoms. The van der Waals surface area contributed by atoms with Crippen LogP contribution in [0, 0.1) is 0 Å². The number of halogens is 2. The number of nitrogen functional groups attached to an aromatic ring is 1. The van der Waals surface area contributed by atoms with Crippen LogP contribution in [0.15, 0.2) is 48.8 Å². The van der Waals surface area contributed by atoms with Crippen molar-refractivity contribution >= 4 is 46.7 Å². The Labute approximate surface area is 183 Å². The summed E-state index contributed by atoms with van der Waals surface area (Å²) >= 11 is 11.8. The Balaban J connectivity index is 1.46. The van der Waals surface area contributed by atoms with Crippen LogP contribution < -0.4 is 26.4 Å². The molecule has 0 radical (unpaired) electrons. The van der Waals surface area contributed by atoms with Crippen molar-refractivity contribution < 1.29 is 9.53 Å². The van der Waals surface area contributed by atoms with Gasteiger partial charge < -0.3 is 26.4 Å². The van der Waals surface area contributed by atoms with E-state index in [1.807, 2.05) is 0 Å². The van der Waals surface area contributed by atoms with Gasteiger partial charge in [-0.25, -0.2) is 19.7 Å². The normalized spacial score (nSPS) is 10.3. The second-order valence-corrected chi connectivity index (χ2v) is 6.88. The fourth-order valence-corrected chi connectivity index (χ4v) is 2.97. The first-order valence-electron chi connectivity index (χ1n) is 8.89. The van der Waals surface area contributed by atoms with E-state index in [1.54, 1.807) is 48.8 Å². The average Bonchev–Trinajstić information content (AvgIpc) is 2.69. The third-order valence-corrected chi connectivity index (χ3v) is 4.14. The van der Waals surface area contributed by atoms with Crippen molar-refractivity contribution in [1.82, 2.24) is 20.3 Å². The predicted octanol–water partition coefficient (Wildman–Crippen LogP) is 3.57. The van der Waals surface area contributed by atoms with Crippen LogP contribution in [0.3, 0.4) is 0 Å². The molecule has 1 aromatic carbocycles. The number of carbonyl (C=O) groups is 1. The first-order valence-corrected chi connectivity index (χ1v) is 9.65. The van der Waals surface area contributed by atoms with Crippen LogP contribution in [0.2, 0.25) is 10.0 Å². The maximum atomic E-state index is 12.0. The van der Waals surface area contributed by atoms with Gasteiger partial charge in [0.2, 0.25) is 5.95 Å². The number of rotatable bonds is 8. The summed E-state index contributed by atoms with van der Waals surface area (Å²) < 4.78 is 5.76. The highest BCUT2D eigenvalue weighted by Crippen LogP contribution is 2.23. The van der Waals surface area contributed by atoms with Crippen LogP contribution in [0.25, 0.3) is 0 Å². The zero-order valence-electron chi connectivity index (χ0n) is 15.7. The lowest BCUT2D eigenvalue weighted by molar-refractivity contribution is 0.252. The van der Waals surface area contributed by atoms with Gasteiger partial charge in [-0.05, 0) is 36.4 Å². The molecule has 0 unspecified atom stereocenters. The summed E-state index contributed by atoms with van der Waals surface area (Å²) in [5.74, 6) is 1.28. The summed E-state index contributed by atoms with van der Waals surface area (Å²) in [6.07, 6.45) is 3.21. The first-order chi connectivity index (χ1) is 14.5. The van der Waals surface area contributed by atoms with Gasteiger partial charge in [0.25, 0.3) is 0 Å². The molecule has 0 atom stereocenters. The summed E-state index contributed by atoms with van der Waals surface area (Å²) in [6, 6.07) is 9.67. The Hall–Kier alpha value is -3.30. The molecule has 9 nitrogen and oxygen atoms in total. The predicted molar refractivity (Wildman–Crippen MR) is 117 cm³/mol. The van der Waals surface area contributed by atoms with E-state index in [1.165, 1.54) is 0 Å². The second-order valence-electron chi connectivity index (χ2n) is 6.01. The highest BCUT2D eigenvalue weighted by atomic mass is 35.5. The van der Waals surface area contributed by atoms with Crippen molar-refractivity contribution in [3.8, 4) is 5.75 Å². The van der Waals surface area contributed by atoms with E-state index in [2.05, 4.69) is 30.9 Å². The van der Waals surface area contributed by atoms with E-state index < -0.39 is 0 Å². The summed E-state index contributed by atoms with van der Waals surface area (Å²) in [7, 11) is 0. The van der Waals surface area contributed by atoms with Gasteiger partial charge in [-0.1, -0.05) is 23.2 Å². The molecule has 5 N–H and O–H groups in total. The highest BCUT2D eigenvalue weighted by molar-refractivity contribution is 6.35. The standard InChI is InChI=1S/C19H19Cl2N7O2/c20-12-8-13(21)10-15(9-12)28-19(29)26-7-6-24-17-16(2-1-4-23-17)30-11-14-3-5-25-18(22)27-14/h1-5,8-10H,6-7,11H2,(H,23,24)(H2,22,25,27)(H2,26,28,29). The van der Waals surface area contributed by atoms with Crippen molar-refractivity contribution in [3.05, 3.63) is 64.5 Å². The van der Waals surface area contributed by atoms with E-state index >= 15 is 0 Å². The fraction of sp³-hybridized carbons (Fsp3) is 0.158. The zero-order chi connectivity index (χ0) is 21.3. The molecule has 3 aromatic rings. The SMILES string of the molecule is Nc1nccc(COc2cccnc2NCCNC(=O)Nc2cc(Cl)cc(Cl)c2)n1. The van der Waals surface area contributed by atoms with Crippen molar-refractivity contribution in [3.63, 3.8) is 0 Å². The number of anilines is 3. The number of nitrogens with zero attached hydrogens (tertiary/aromatic N) is 3. The molecule has 2 heterocycles. The molecule has 0 saturated heterocycles. The van der Waals surface area contributed by atoms with Gasteiger partial charge in [0, 0.05) is 41.2 Å². The number of hydrogen-bond acceptors (Lipinski definition) is 7. The lowest BCUT2D eigenvalue weighted by Gasteiger charge is -2.13. The van der Waals surface area contributed by atoms with Crippen LogP contribution in [0.5, 0.6) is 5.75 Å². The van der Waals surface area contributed by atoms with Crippen molar-refractivity contribution in [2.75, 3.05) is 29.5 Å². The Bertz CT molecular complexity index is 999. The van der Waals surface area contributed by atoms with Crippen LogP contribution in [0.4, 0.5) is 22.2 Å². The van der Waals surface area contributed by atoms with E-state index in [0.717, 1.165) is 0 Å². The van der Waals surface area contributed by atoms with Gasteiger partial charge in [0.15, 0.2) is 11.6 Å². The smallest absolute Gasteiger partial charge is 0.319 e. The van der Waals surface area contributed by atoms with Crippen LogP contribution in [-0.2, 0) is 6.61 Å². The molecule has 0 saturated carbocycles. The van der Waals surface area contributed by atoms with Gasteiger partial charge in [0.1, 0.15) is 6.61 Å². The summed E-state index contributed by atoms with van der Waals surface area (Å²) in [5.41, 5.74) is 6.72. The molecule has 0 aliphatic carbocycles. The number of aromatic nitrogens is 3. The number of urea groups is 1. The minimum absolute atomic E-state index is 0.185. The number of amides is 2. The number of pyridine rings is 1. The molecule has 11 heteroatoms. The molecule has 0 aliphatic rings.